The van der Waals surface area contributed by atoms with Crippen LogP contribution in [0, 0.1) is 0 Å². The van der Waals surface area contributed by atoms with Gasteiger partial charge in [0.1, 0.15) is 24.4 Å². The molecule has 0 aromatic carbocycles. The Morgan fingerprint density at radius 2 is 1.38 bits per heavy atom. The minimum atomic E-state index is -0.579. The molecule has 1 heterocycles. The molecule has 118 valence electrons. The van der Waals surface area contributed by atoms with E-state index in [1.807, 2.05) is 0 Å². The van der Waals surface area contributed by atoms with Gasteiger partial charge in [-0.25, -0.2) is 0 Å². The summed E-state index contributed by atoms with van der Waals surface area (Å²) >= 11 is 0. The Bertz CT molecular complexity index is 396. The van der Waals surface area contributed by atoms with E-state index in [0.29, 0.717) is 6.42 Å². The molecule has 6 heteroatoms. The van der Waals surface area contributed by atoms with Crippen molar-refractivity contribution in [3.05, 3.63) is 0 Å². The van der Waals surface area contributed by atoms with E-state index in [4.69, 9.17) is 18.9 Å². The van der Waals surface area contributed by atoms with Crippen LogP contribution >= 0.6 is 0 Å². The Morgan fingerprint density at radius 3 is 1.81 bits per heavy atom. The molecule has 2 aliphatic carbocycles. The molecule has 1 saturated heterocycles. The zero-order valence-corrected chi connectivity index (χ0v) is 12.5. The first kappa shape index (κ1) is 14.8. The fraction of sp³-hybridized carbons (Fsp3) is 0.867. The van der Waals surface area contributed by atoms with Gasteiger partial charge in [-0.2, -0.15) is 0 Å². The molecule has 0 bridgehead atoms. The van der Waals surface area contributed by atoms with Gasteiger partial charge in [-0.3, -0.25) is 9.59 Å². The Morgan fingerprint density at radius 1 is 0.905 bits per heavy atom. The minimum Gasteiger partial charge on any atom is -0.460 e. The lowest BCUT2D eigenvalue weighted by atomic mass is 9.94. The Labute approximate surface area is 124 Å². The highest BCUT2D eigenvalue weighted by atomic mass is 16.8. The smallest absolute Gasteiger partial charge is 0.302 e. The highest BCUT2D eigenvalue weighted by molar-refractivity contribution is 5.67. The summed E-state index contributed by atoms with van der Waals surface area (Å²) in [6.07, 6.45) is 3.96. The number of esters is 2. The van der Waals surface area contributed by atoms with Crippen molar-refractivity contribution in [2.24, 2.45) is 0 Å². The third kappa shape index (κ3) is 2.92. The topological polar surface area (TPSA) is 71.1 Å². The van der Waals surface area contributed by atoms with Crippen LogP contribution in [0.3, 0.4) is 0 Å². The van der Waals surface area contributed by atoms with Gasteiger partial charge in [-0.05, 0) is 12.8 Å². The molecule has 21 heavy (non-hydrogen) atoms. The van der Waals surface area contributed by atoms with Crippen molar-refractivity contribution in [3.8, 4) is 0 Å². The number of rotatable bonds is 2. The van der Waals surface area contributed by atoms with Crippen molar-refractivity contribution >= 4 is 11.9 Å². The second-order valence-electron chi connectivity index (χ2n) is 6.17. The fourth-order valence-electron chi connectivity index (χ4n) is 3.71. The first-order valence-electron chi connectivity index (χ1n) is 7.69. The van der Waals surface area contributed by atoms with Crippen LogP contribution in [0.1, 0.15) is 52.4 Å². The maximum Gasteiger partial charge on any atom is 0.302 e. The van der Waals surface area contributed by atoms with E-state index in [9.17, 15) is 9.59 Å². The number of hydrogen-bond acceptors (Lipinski definition) is 6. The van der Waals surface area contributed by atoms with Gasteiger partial charge in [0.25, 0.3) is 0 Å². The highest BCUT2D eigenvalue weighted by Gasteiger charge is 2.59. The molecule has 3 rings (SSSR count). The molecule has 4 atom stereocenters. The van der Waals surface area contributed by atoms with E-state index in [2.05, 4.69) is 0 Å². The van der Waals surface area contributed by atoms with Gasteiger partial charge >= 0.3 is 11.9 Å². The number of carbonyl (C=O) groups excluding carboxylic acids is 2. The Balaban J connectivity index is 1.76. The average molecular weight is 298 g/mol. The lowest BCUT2D eigenvalue weighted by molar-refractivity contribution is -0.218. The van der Waals surface area contributed by atoms with Gasteiger partial charge < -0.3 is 18.9 Å². The van der Waals surface area contributed by atoms with E-state index >= 15 is 0 Å². The molecule has 0 unspecified atom stereocenters. The van der Waals surface area contributed by atoms with Crippen LogP contribution in [0.5, 0.6) is 0 Å². The summed E-state index contributed by atoms with van der Waals surface area (Å²) in [4.78, 5) is 22.5. The van der Waals surface area contributed by atoms with Gasteiger partial charge in [0, 0.05) is 33.1 Å². The summed E-state index contributed by atoms with van der Waals surface area (Å²) in [7, 11) is 0. The summed E-state index contributed by atoms with van der Waals surface area (Å²) in [6, 6.07) is 0. The van der Waals surface area contributed by atoms with Gasteiger partial charge in [0.15, 0.2) is 5.79 Å². The van der Waals surface area contributed by atoms with E-state index in [1.54, 1.807) is 0 Å². The molecule has 0 aromatic heterocycles. The molecule has 0 aromatic rings. The van der Waals surface area contributed by atoms with Gasteiger partial charge in [0.05, 0.1) is 0 Å². The normalized spacial score (nSPS) is 37.2. The van der Waals surface area contributed by atoms with Gasteiger partial charge in [-0.15, -0.1) is 0 Å². The minimum absolute atomic E-state index is 0.337. The maximum absolute atomic E-state index is 11.3. The third-order valence-electron chi connectivity index (χ3n) is 4.47. The van der Waals surface area contributed by atoms with Crippen molar-refractivity contribution in [2.45, 2.75) is 82.6 Å². The number of fused-ring (bicyclic) bond motifs is 1. The maximum atomic E-state index is 11.3. The van der Waals surface area contributed by atoms with Crippen molar-refractivity contribution in [2.75, 3.05) is 0 Å². The van der Waals surface area contributed by atoms with Crippen molar-refractivity contribution in [3.63, 3.8) is 0 Å². The molecule has 6 nitrogen and oxygen atoms in total. The Hall–Kier alpha value is -1.14. The van der Waals surface area contributed by atoms with Crippen LogP contribution in [0.2, 0.25) is 0 Å². The first-order chi connectivity index (χ1) is 9.99. The largest absolute Gasteiger partial charge is 0.460 e. The highest BCUT2D eigenvalue weighted by Crippen LogP contribution is 2.47. The van der Waals surface area contributed by atoms with E-state index in [-0.39, 0.29) is 24.1 Å². The molecule has 0 amide bonds. The molecular weight excluding hydrogens is 276 g/mol. The molecule has 0 N–H and O–H groups in total. The average Bonchev–Trinajstić information content (AvgIpc) is 2.88. The SMILES string of the molecule is CC(=O)O[C@H]1C[C@@H](OC(C)=O)[C@@H]2OC3(CCCCC3)O[C@@H]21. The monoisotopic (exact) mass is 298 g/mol. The lowest BCUT2D eigenvalue weighted by Gasteiger charge is -2.33. The predicted octanol–water partition coefficient (Wildman–Crippen LogP) is 1.70. The summed E-state index contributed by atoms with van der Waals surface area (Å²) in [5.74, 6) is -1.28. The molecule has 1 aliphatic heterocycles. The van der Waals surface area contributed by atoms with Crippen molar-refractivity contribution in [1.82, 2.24) is 0 Å². The predicted molar refractivity (Wildman–Crippen MR) is 71.3 cm³/mol. The summed E-state index contributed by atoms with van der Waals surface area (Å²) < 4.78 is 23.0. The van der Waals surface area contributed by atoms with Crippen LogP contribution in [-0.4, -0.2) is 42.1 Å². The summed E-state index contributed by atoms with van der Waals surface area (Å²) in [5, 5.41) is 0. The first-order valence-corrected chi connectivity index (χ1v) is 7.69. The fourth-order valence-corrected chi connectivity index (χ4v) is 3.71. The van der Waals surface area contributed by atoms with Crippen LogP contribution in [0.4, 0.5) is 0 Å². The van der Waals surface area contributed by atoms with E-state index in [1.165, 1.54) is 20.3 Å². The molecule has 3 fully saturated rings. The summed E-state index contributed by atoms with van der Waals surface area (Å²) in [5.41, 5.74) is 0. The van der Waals surface area contributed by atoms with Crippen LogP contribution < -0.4 is 0 Å². The second kappa shape index (κ2) is 5.57. The third-order valence-corrected chi connectivity index (χ3v) is 4.47. The molecule has 0 radical (unpaired) electrons. The lowest BCUT2D eigenvalue weighted by Crippen LogP contribution is -2.37. The molecule has 3 aliphatic rings. The van der Waals surface area contributed by atoms with Crippen molar-refractivity contribution < 1.29 is 28.5 Å². The van der Waals surface area contributed by atoms with Gasteiger partial charge in [-0.1, -0.05) is 6.42 Å². The Kier molecular flexibility index (Phi) is 3.92. The second-order valence-corrected chi connectivity index (χ2v) is 6.17. The van der Waals surface area contributed by atoms with Gasteiger partial charge in [0.2, 0.25) is 0 Å². The van der Waals surface area contributed by atoms with Crippen LogP contribution in [0.25, 0.3) is 0 Å². The number of carbonyl (C=O) groups is 2. The number of ether oxygens (including phenoxy) is 4. The molecule has 1 spiro atoms. The summed E-state index contributed by atoms with van der Waals surface area (Å²) in [6.45, 7) is 2.75. The van der Waals surface area contributed by atoms with Crippen LogP contribution in [-0.2, 0) is 28.5 Å². The van der Waals surface area contributed by atoms with Crippen LogP contribution in [0.15, 0.2) is 0 Å². The number of hydrogen-bond donors (Lipinski definition) is 0. The van der Waals surface area contributed by atoms with Crippen molar-refractivity contribution in [1.29, 1.82) is 0 Å². The zero-order valence-electron chi connectivity index (χ0n) is 12.5. The van der Waals surface area contributed by atoms with E-state index in [0.717, 1.165) is 25.7 Å². The quantitative estimate of drug-likeness (QED) is 0.723. The van der Waals surface area contributed by atoms with E-state index < -0.39 is 18.0 Å². The molecular formula is C15H22O6. The zero-order chi connectivity index (χ0) is 15.0. The molecule has 2 saturated carbocycles. The standard InChI is InChI=1S/C15H22O6/c1-9(16)18-11-8-12(19-10(2)17)14-13(11)20-15(21-14)6-4-3-5-7-15/h11-14H,3-8H2,1-2H3/t11-,12+,13+,14-.